The van der Waals surface area contributed by atoms with Crippen molar-refractivity contribution in [1.29, 1.82) is 0 Å². The minimum Gasteiger partial charge on any atom is -0.466 e. The highest BCUT2D eigenvalue weighted by molar-refractivity contribution is 5.73. The minimum absolute atomic E-state index is 0.0268. The quantitative estimate of drug-likeness (QED) is 0.607. The number of fused-ring (bicyclic) bond motifs is 1. The van der Waals surface area contributed by atoms with Crippen molar-refractivity contribution in [3.05, 3.63) is 0 Å². The number of carbonyl (C=O) groups is 3. The fourth-order valence-corrected chi connectivity index (χ4v) is 4.82. The second kappa shape index (κ2) is 8.19. The summed E-state index contributed by atoms with van der Waals surface area (Å²) in [5.74, 6) is -0.109. The third-order valence-corrected chi connectivity index (χ3v) is 6.17. The first kappa shape index (κ1) is 19.7. The molecule has 142 valence electrons. The number of nitrogens with one attached hydrogen (secondary N) is 1. The fraction of sp³-hybridized carbons (Fsp3) is 0.842. The predicted octanol–water partition coefficient (Wildman–Crippen LogP) is 2.94. The molecular weight excluding hydrogens is 322 g/mol. The van der Waals surface area contributed by atoms with E-state index < -0.39 is 6.09 Å². The molecular formula is C19H31NO5. The Morgan fingerprint density at radius 3 is 2.40 bits per heavy atom. The maximum absolute atomic E-state index is 12.3. The number of esters is 1. The minimum atomic E-state index is -0.399. The average molecular weight is 353 g/mol. The Labute approximate surface area is 150 Å². The smallest absolute Gasteiger partial charge is 0.407 e. The second-order valence-corrected chi connectivity index (χ2v) is 7.81. The van der Waals surface area contributed by atoms with E-state index in [0.717, 1.165) is 19.1 Å². The van der Waals surface area contributed by atoms with Crippen molar-refractivity contribution in [2.45, 2.75) is 59.4 Å². The van der Waals surface area contributed by atoms with E-state index in [-0.39, 0.29) is 41.1 Å². The molecule has 0 heterocycles. The molecule has 2 rings (SSSR count). The van der Waals surface area contributed by atoms with E-state index >= 15 is 0 Å². The van der Waals surface area contributed by atoms with Gasteiger partial charge < -0.3 is 19.6 Å². The standard InChI is InChI=1S/C19H31NO5/c1-5-24-17(22)12-9-13(11-21)14-7-8-16(20-18(23)25-6-2)19(3,4)15(14)10-12/h11-16H,5-10H2,1-4H3,(H,20,23)/t12-,13-,14-,15-,16?/m0/s1. The Balaban J connectivity index is 2.18. The molecule has 1 amide bonds. The monoisotopic (exact) mass is 353 g/mol. The molecule has 2 fully saturated rings. The number of carbonyl (C=O) groups excluding carboxylic acids is 3. The van der Waals surface area contributed by atoms with Gasteiger partial charge in [-0.1, -0.05) is 13.8 Å². The van der Waals surface area contributed by atoms with Crippen molar-refractivity contribution < 1.29 is 23.9 Å². The zero-order valence-corrected chi connectivity index (χ0v) is 15.7. The van der Waals surface area contributed by atoms with Gasteiger partial charge in [0.1, 0.15) is 6.29 Å². The summed E-state index contributed by atoms with van der Waals surface area (Å²) < 4.78 is 10.2. The molecule has 0 aliphatic heterocycles. The topological polar surface area (TPSA) is 81.7 Å². The van der Waals surface area contributed by atoms with Gasteiger partial charge in [0.05, 0.1) is 19.1 Å². The zero-order chi connectivity index (χ0) is 18.6. The van der Waals surface area contributed by atoms with Gasteiger partial charge >= 0.3 is 12.1 Å². The number of hydrogen-bond donors (Lipinski definition) is 1. The second-order valence-electron chi connectivity index (χ2n) is 7.81. The van der Waals surface area contributed by atoms with Gasteiger partial charge in [0.15, 0.2) is 0 Å². The lowest BCUT2D eigenvalue weighted by Crippen LogP contribution is -2.56. The number of amides is 1. The van der Waals surface area contributed by atoms with Crippen LogP contribution in [0.15, 0.2) is 0 Å². The van der Waals surface area contributed by atoms with Crippen LogP contribution in [0.5, 0.6) is 0 Å². The Hall–Kier alpha value is -1.59. The summed E-state index contributed by atoms with van der Waals surface area (Å²) in [6, 6.07) is -0.0268. The summed E-state index contributed by atoms with van der Waals surface area (Å²) in [6.07, 6.45) is 3.60. The van der Waals surface area contributed by atoms with Gasteiger partial charge in [0.25, 0.3) is 0 Å². The summed E-state index contributed by atoms with van der Waals surface area (Å²) in [4.78, 5) is 35.8. The summed E-state index contributed by atoms with van der Waals surface area (Å²) >= 11 is 0. The normalized spacial score (nSPS) is 33.7. The highest BCUT2D eigenvalue weighted by atomic mass is 16.5. The van der Waals surface area contributed by atoms with Gasteiger partial charge in [0, 0.05) is 12.0 Å². The lowest BCUT2D eigenvalue weighted by Gasteiger charge is -2.54. The largest absolute Gasteiger partial charge is 0.466 e. The third-order valence-electron chi connectivity index (χ3n) is 6.17. The molecule has 0 bridgehead atoms. The van der Waals surface area contributed by atoms with Crippen molar-refractivity contribution in [3.63, 3.8) is 0 Å². The number of aldehydes is 1. The van der Waals surface area contributed by atoms with Gasteiger partial charge in [0.2, 0.25) is 0 Å². The van der Waals surface area contributed by atoms with Crippen molar-refractivity contribution in [1.82, 2.24) is 5.32 Å². The van der Waals surface area contributed by atoms with Gasteiger partial charge in [-0.3, -0.25) is 4.79 Å². The van der Waals surface area contributed by atoms with E-state index in [1.807, 2.05) is 0 Å². The highest BCUT2D eigenvalue weighted by Crippen LogP contribution is 2.53. The van der Waals surface area contributed by atoms with Crippen molar-refractivity contribution >= 4 is 18.3 Å². The molecule has 1 unspecified atom stereocenters. The number of hydrogen-bond acceptors (Lipinski definition) is 5. The Morgan fingerprint density at radius 1 is 1.12 bits per heavy atom. The van der Waals surface area contributed by atoms with E-state index in [9.17, 15) is 14.4 Å². The van der Waals surface area contributed by atoms with Crippen LogP contribution in [-0.2, 0) is 19.1 Å². The molecule has 25 heavy (non-hydrogen) atoms. The van der Waals surface area contributed by atoms with E-state index in [2.05, 4.69) is 19.2 Å². The maximum atomic E-state index is 12.3. The molecule has 0 aromatic heterocycles. The van der Waals surface area contributed by atoms with Crippen LogP contribution in [0.4, 0.5) is 4.79 Å². The van der Waals surface area contributed by atoms with E-state index in [4.69, 9.17) is 9.47 Å². The lowest BCUT2D eigenvalue weighted by atomic mass is 9.52. The van der Waals surface area contributed by atoms with Crippen LogP contribution in [0.25, 0.3) is 0 Å². The van der Waals surface area contributed by atoms with Crippen LogP contribution >= 0.6 is 0 Å². The molecule has 2 aliphatic rings. The SMILES string of the molecule is CCOC(=O)NC1CC[C@H]2[C@H](C=O)C[C@H](C(=O)OCC)C[C@@H]2C1(C)C. The maximum Gasteiger partial charge on any atom is 0.407 e. The summed E-state index contributed by atoms with van der Waals surface area (Å²) in [7, 11) is 0. The van der Waals surface area contributed by atoms with Crippen LogP contribution in [0, 0.1) is 29.1 Å². The van der Waals surface area contributed by atoms with Crippen molar-refractivity contribution in [2.24, 2.45) is 29.1 Å². The molecule has 0 aromatic rings. The summed E-state index contributed by atoms with van der Waals surface area (Å²) in [6.45, 7) is 8.51. The summed E-state index contributed by atoms with van der Waals surface area (Å²) in [5, 5.41) is 2.98. The molecule has 0 spiro atoms. The Morgan fingerprint density at radius 2 is 1.80 bits per heavy atom. The third kappa shape index (κ3) is 4.15. The van der Waals surface area contributed by atoms with E-state index in [1.165, 1.54) is 0 Å². The molecule has 0 saturated heterocycles. The molecule has 6 nitrogen and oxygen atoms in total. The van der Waals surface area contributed by atoms with Gasteiger partial charge in [-0.05, 0) is 56.8 Å². The molecule has 0 radical (unpaired) electrons. The van der Waals surface area contributed by atoms with Crippen LogP contribution in [0.1, 0.15) is 53.4 Å². The van der Waals surface area contributed by atoms with Crippen LogP contribution in [0.3, 0.4) is 0 Å². The fourth-order valence-electron chi connectivity index (χ4n) is 4.82. The van der Waals surface area contributed by atoms with Crippen molar-refractivity contribution in [2.75, 3.05) is 13.2 Å². The molecule has 2 aliphatic carbocycles. The molecule has 1 N–H and O–H groups in total. The van der Waals surface area contributed by atoms with Crippen LogP contribution in [-0.4, -0.2) is 37.6 Å². The zero-order valence-electron chi connectivity index (χ0n) is 15.7. The number of rotatable bonds is 5. The van der Waals surface area contributed by atoms with E-state index in [0.29, 0.717) is 26.1 Å². The molecule has 2 saturated carbocycles. The van der Waals surface area contributed by atoms with Gasteiger partial charge in [-0.15, -0.1) is 0 Å². The summed E-state index contributed by atoms with van der Waals surface area (Å²) in [5.41, 5.74) is -0.220. The molecule has 6 heteroatoms. The van der Waals surface area contributed by atoms with Gasteiger partial charge in [-0.2, -0.15) is 0 Å². The Bertz CT molecular complexity index is 504. The van der Waals surface area contributed by atoms with Gasteiger partial charge in [-0.25, -0.2) is 4.79 Å². The first-order valence-electron chi connectivity index (χ1n) is 9.40. The highest BCUT2D eigenvalue weighted by Gasteiger charge is 2.52. The molecule has 0 aromatic carbocycles. The number of ether oxygens (including phenoxy) is 2. The first-order valence-corrected chi connectivity index (χ1v) is 9.40. The van der Waals surface area contributed by atoms with Crippen LogP contribution < -0.4 is 5.32 Å². The van der Waals surface area contributed by atoms with Crippen LogP contribution in [0.2, 0.25) is 0 Å². The predicted molar refractivity (Wildman–Crippen MR) is 92.9 cm³/mol. The van der Waals surface area contributed by atoms with Crippen molar-refractivity contribution in [3.8, 4) is 0 Å². The van der Waals surface area contributed by atoms with E-state index in [1.54, 1.807) is 13.8 Å². The Kier molecular flexibility index (Phi) is 6.47. The first-order chi connectivity index (χ1) is 11.8. The average Bonchev–Trinajstić information content (AvgIpc) is 2.57. The number of alkyl carbamates (subject to hydrolysis) is 1. The molecule has 5 atom stereocenters. The lowest BCUT2D eigenvalue weighted by molar-refractivity contribution is -0.154.